The first kappa shape index (κ1) is 13.2. The van der Waals surface area contributed by atoms with Crippen LogP contribution in [0, 0.1) is 13.8 Å². The summed E-state index contributed by atoms with van der Waals surface area (Å²) in [5.41, 5.74) is 9.66. The molecule has 0 unspecified atom stereocenters. The van der Waals surface area contributed by atoms with Crippen LogP contribution in [0.1, 0.15) is 44.4 Å². The summed E-state index contributed by atoms with van der Waals surface area (Å²) in [7, 11) is 0. The summed E-state index contributed by atoms with van der Waals surface area (Å²) in [4.78, 5) is 0. The van der Waals surface area contributed by atoms with E-state index in [1.54, 1.807) is 0 Å². The fourth-order valence-electron chi connectivity index (χ4n) is 1.45. The molecule has 0 aliphatic heterocycles. The van der Waals surface area contributed by atoms with E-state index in [-0.39, 0.29) is 5.54 Å². The second kappa shape index (κ2) is 5.16. The molecule has 0 saturated heterocycles. The Morgan fingerprint density at radius 2 is 1.57 bits per heavy atom. The van der Waals surface area contributed by atoms with Gasteiger partial charge in [-0.1, -0.05) is 32.0 Å². The molecule has 0 amide bonds. The normalized spacial score (nSPS) is 10.5. The first-order valence-electron chi connectivity index (χ1n) is 5.28. The van der Waals surface area contributed by atoms with Gasteiger partial charge in [0.25, 0.3) is 0 Å². The molecule has 0 radical (unpaired) electrons. The lowest BCUT2D eigenvalue weighted by Crippen LogP contribution is -2.29. The lowest BCUT2D eigenvalue weighted by atomic mass is 9.89. The van der Waals surface area contributed by atoms with E-state index in [9.17, 15) is 0 Å². The van der Waals surface area contributed by atoms with Crippen LogP contribution in [0.25, 0.3) is 0 Å². The van der Waals surface area contributed by atoms with Crippen LogP contribution in [0.5, 0.6) is 0 Å². The van der Waals surface area contributed by atoms with Crippen LogP contribution in [0.4, 0.5) is 0 Å². The van der Waals surface area contributed by atoms with Crippen LogP contribution in [-0.4, -0.2) is 0 Å². The highest BCUT2D eigenvalue weighted by atomic mass is 14.7. The Balaban J connectivity index is 0.000000791. The molecule has 80 valence electrons. The fraction of sp³-hybridized carbons (Fsp3) is 0.538. The highest BCUT2D eigenvalue weighted by Gasteiger charge is 2.16. The van der Waals surface area contributed by atoms with Crippen molar-refractivity contribution in [1.82, 2.24) is 0 Å². The molecule has 0 heterocycles. The molecule has 1 heteroatoms. The fourth-order valence-corrected chi connectivity index (χ4v) is 1.45. The molecule has 14 heavy (non-hydrogen) atoms. The Hall–Kier alpha value is -0.820. The predicted molar refractivity (Wildman–Crippen MR) is 64.5 cm³/mol. The molecular formula is C13H23N. The van der Waals surface area contributed by atoms with Crippen molar-refractivity contribution in [2.45, 2.75) is 47.1 Å². The molecular weight excluding hydrogens is 170 g/mol. The van der Waals surface area contributed by atoms with Gasteiger partial charge in [0.05, 0.1) is 0 Å². The van der Waals surface area contributed by atoms with Crippen LogP contribution >= 0.6 is 0 Å². The molecule has 1 aromatic carbocycles. The third-order valence-corrected chi connectivity index (χ3v) is 2.30. The predicted octanol–water partition coefficient (Wildman–Crippen LogP) is 3.52. The molecule has 0 fully saturated rings. The highest BCUT2D eigenvalue weighted by Crippen LogP contribution is 2.22. The largest absolute Gasteiger partial charge is 0.322 e. The summed E-state index contributed by atoms with van der Waals surface area (Å²) < 4.78 is 0. The molecule has 0 saturated carbocycles. The number of aryl methyl sites for hydroxylation is 1. The molecule has 0 atom stereocenters. The quantitative estimate of drug-likeness (QED) is 0.725. The molecule has 1 rings (SSSR count). The molecule has 0 aliphatic rings. The minimum atomic E-state index is -0.226. The monoisotopic (exact) mass is 193 g/mol. The van der Waals surface area contributed by atoms with Crippen LogP contribution in [0.2, 0.25) is 0 Å². The molecule has 0 spiro atoms. The third-order valence-electron chi connectivity index (χ3n) is 2.30. The van der Waals surface area contributed by atoms with E-state index in [1.165, 1.54) is 16.7 Å². The lowest BCUT2D eigenvalue weighted by molar-refractivity contribution is 0.550. The van der Waals surface area contributed by atoms with Gasteiger partial charge in [0, 0.05) is 5.54 Å². The summed E-state index contributed by atoms with van der Waals surface area (Å²) in [6.07, 6.45) is 0. The average Bonchev–Trinajstić information content (AvgIpc) is 2.11. The zero-order valence-electron chi connectivity index (χ0n) is 10.3. The van der Waals surface area contributed by atoms with Gasteiger partial charge in [0.2, 0.25) is 0 Å². The van der Waals surface area contributed by atoms with Gasteiger partial charge in [0.15, 0.2) is 0 Å². The van der Waals surface area contributed by atoms with E-state index in [4.69, 9.17) is 5.73 Å². The Labute approximate surface area is 88.3 Å². The van der Waals surface area contributed by atoms with E-state index in [0.29, 0.717) is 0 Å². The van der Waals surface area contributed by atoms with Gasteiger partial charge in [-0.3, -0.25) is 0 Å². The van der Waals surface area contributed by atoms with Crippen LogP contribution < -0.4 is 5.73 Å². The van der Waals surface area contributed by atoms with Crippen molar-refractivity contribution < 1.29 is 0 Å². The van der Waals surface area contributed by atoms with Crippen LogP contribution in [0.3, 0.4) is 0 Å². The molecule has 1 nitrogen and oxygen atoms in total. The number of benzene rings is 1. The van der Waals surface area contributed by atoms with Crippen molar-refractivity contribution in [3.8, 4) is 0 Å². The van der Waals surface area contributed by atoms with Gasteiger partial charge in [-0.2, -0.15) is 0 Å². The maximum Gasteiger partial charge on any atom is 0.0355 e. The summed E-state index contributed by atoms with van der Waals surface area (Å²) in [6, 6.07) is 6.28. The Morgan fingerprint density at radius 1 is 1.07 bits per heavy atom. The van der Waals surface area contributed by atoms with Gasteiger partial charge >= 0.3 is 0 Å². The van der Waals surface area contributed by atoms with Crippen LogP contribution in [0.15, 0.2) is 18.2 Å². The zero-order valence-corrected chi connectivity index (χ0v) is 10.3. The van der Waals surface area contributed by atoms with Crippen molar-refractivity contribution in [1.29, 1.82) is 0 Å². The Bertz CT molecular complexity index is 282. The first-order chi connectivity index (χ1) is 6.43. The highest BCUT2D eigenvalue weighted by molar-refractivity contribution is 5.36. The zero-order chi connectivity index (χ0) is 11.4. The van der Waals surface area contributed by atoms with E-state index in [0.717, 1.165) is 0 Å². The summed E-state index contributed by atoms with van der Waals surface area (Å²) in [5.74, 6) is 0. The molecule has 0 aromatic heterocycles. The topological polar surface area (TPSA) is 26.0 Å². The van der Waals surface area contributed by atoms with Crippen molar-refractivity contribution in [3.05, 3.63) is 34.9 Å². The van der Waals surface area contributed by atoms with E-state index >= 15 is 0 Å². The summed E-state index contributed by atoms with van der Waals surface area (Å²) in [5, 5.41) is 0. The number of nitrogens with two attached hydrogens (primary N) is 1. The van der Waals surface area contributed by atoms with E-state index in [1.807, 2.05) is 27.7 Å². The minimum Gasteiger partial charge on any atom is -0.322 e. The summed E-state index contributed by atoms with van der Waals surface area (Å²) in [6.45, 7) is 12.3. The lowest BCUT2D eigenvalue weighted by Gasteiger charge is -2.22. The van der Waals surface area contributed by atoms with Gasteiger partial charge in [-0.15, -0.1) is 0 Å². The number of rotatable bonds is 1. The number of hydrogen-bond acceptors (Lipinski definition) is 1. The van der Waals surface area contributed by atoms with Crippen molar-refractivity contribution in [2.24, 2.45) is 5.73 Å². The van der Waals surface area contributed by atoms with Gasteiger partial charge in [-0.25, -0.2) is 0 Å². The Kier molecular flexibility index (Phi) is 4.86. The van der Waals surface area contributed by atoms with E-state index in [2.05, 4.69) is 32.0 Å². The molecule has 0 aliphatic carbocycles. The number of hydrogen-bond donors (Lipinski definition) is 1. The standard InChI is InChI=1S/C11H17N.C2H6/c1-8-6-5-7-10(9(8)2)11(3,4)12;1-2/h5-7H,12H2,1-4H3;1-2H3. The first-order valence-corrected chi connectivity index (χ1v) is 5.28. The third kappa shape index (κ3) is 3.15. The van der Waals surface area contributed by atoms with Crippen molar-refractivity contribution >= 4 is 0 Å². The SMILES string of the molecule is CC.Cc1cccc(C(C)(C)N)c1C. The average molecular weight is 193 g/mol. The van der Waals surface area contributed by atoms with E-state index < -0.39 is 0 Å². The molecule has 0 bridgehead atoms. The minimum absolute atomic E-state index is 0.226. The summed E-state index contributed by atoms with van der Waals surface area (Å²) >= 11 is 0. The van der Waals surface area contributed by atoms with Crippen molar-refractivity contribution in [3.63, 3.8) is 0 Å². The molecule has 2 N–H and O–H groups in total. The smallest absolute Gasteiger partial charge is 0.0355 e. The van der Waals surface area contributed by atoms with Gasteiger partial charge in [0.1, 0.15) is 0 Å². The van der Waals surface area contributed by atoms with Gasteiger partial charge < -0.3 is 5.73 Å². The van der Waals surface area contributed by atoms with Crippen LogP contribution in [-0.2, 0) is 5.54 Å². The second-order valence-electron chi connectivity index (χ2n) is 3.97. The van der Waals surface area contributed by atoms with Crippen molar-refractivity contribution in [2.75, 3.05) is 0 Å². The Morgan fingerprint density at radius 3 is 1.93 bits per heavy atom. The van der Waals surface area contributed by atoms with Gasteiger partial charge in [-0.05, 0) is 44.4 Å². The molecule has 1 aromatic rings. The maximum absolute atomic E-state index is 6.03. The second-order valence-corrected chi connectivity index (χ2v) is 3.97. The maximum atomic E-state index is 6.03.